The largest absolute Gasteiger partial charge is 0.368 e. The smallest absolute Gasteiger partial charge is 0.0639 e. The van der Waals surface area contributed by atoms with Crippen LogP contribution in [-0.2, 0) is 0 Å². The first kappa shape index (κ1) is 13.7. The lowest BCUT2D eigenvalue weighted by molar-refractivity contribution is 0.254. The molecule has 100 valence electrons. The van der Waals surface area contributed by atoms with Crippen LogP contribution < -0.4 is 10.2 Å². The Balaban J connectivity index is 1.81. The van der Waals surface area contributed by atoms with E-state index in [1.807, 2.05) is 19.2 Å². The van der Waals surface area contributed by atoms with Gasteiger partial charge in [0.1, 0.15) is 0 Å². The summed E-state index contributed by atoms with van der Waals surface area (Å²) in [6.45, 7) is 6.71. The van der Waals surface area contributed by atoms with Crippen LogP contribution in [0.15, 0.2) is 24.3 Å². The van der Waals surface area contributed by atoms with Crippen molar-refractivity contribution in [1.29, 1.82) is 0 Å². The highest BCUT2D eigenvalue weighted by molar-refractivity contribution is 6.33. The summed E-state index contributed by atoms with van der Waals surface area (Å²) in [5, 5.41) is 4.06. The van der Waals surface area contributed by atoms with Gasteiger partial charge in [0.25, 0.3) is 0 Å². The molecule has 1 aliphatic rings. The third-order valence-electron chi connectivity index (χ3n) is 3.47. The zero-order valence-corrected chi connectivity index (χ0v) is 11.8. The summed E-state index contributed by atoms with van der Waals surface area (Å²) in [6.07, 6.45) is 1.22. The van der Waals surface area contributed by atoms with Gasteiger partial charge < -0.3 is 10.2 Å². The Kier molecular flexibility index (Phi) is 5.29. The third-order valence-corrected chi connectivity index (χ3v) is 3.79. The number of benzene rings is 1. The molecule has 1 saturated heterocycles. The van der Waals surface area contributed by atoms with Crippen LogP contribution in [0.3, 0.4) is 0 Å². The Hall–Kier alpha value is -0.770. The molecule has 0 amide bonds. The van der Waals surface area contributed by atoms with Gasteiger partial charge in [-0.25, -0.2) is 0 Å². The van der Waals surface area contributed by atoms with Crippen molar-refractivity contribution in [2.24, 2.45) is 0 Å². The van der Waals surface area contributed by atoms with E-state index in [0.29, 0.717) is 0 Å². The lowest BCUT2D eigenvalue weighted by Crippen LogP contribution is -2.47. The molecule has 1 aromatic rings. The third kappa shape index (κ3) is 3.61. The molecule has 1 aromatic carbocycles. The van der Waals surface area contributed by atoms with Gasteiger partial charge in [-0.1, -0.05) is 23.7 Å². The second-order valence-corrected chi connectivity index (χ2v) is 5.14. The van der Waals surface area contributed by atoms with E-state index >= 15 is 0 Å². The second-order valence-electron chi connectivity index (χ2n) is 4.74. The molecule has 1 N–H and O–H groups in total. The fourth-order valence-corrected chi connectivity index (χ4v) is 2.66. The fourth-order valence-electron chi connectivity index (χ4n) is 2.40. The highest BCUT2D eigenvalue weighted by Gasteiger charge is 2.17. The van der Waals surface area contributed by atoms with Gasteiger partial charge in [-0.15, -0.1) is 0 Å². The van der Waals surface area contributed by atoms with Gasteiger partial charge in [-0.05, 0) is 38.7 Å². The summed E-state index contributed by atoms with van der Waals surface area (Å²) in [6, 6.07) is 8.12. The Morgan fingerprint density at radius 1 is 1.17 bits per heavy atom. The predicted molar refractivity (Wildman–Crippen MR) is 78.6 cm³/mol. The molecule has 4 heteroatoms. The number of anilines is 1. The SMILES string of the molecule is CNCCCN1CCN(c2ccccc2Cl)CC1. The molecule has 1 fully saturated rings. The van der Waals surface area contributed by atoms with Crippen molar-refractivity contribution in [3.8, 4) is 0 Å². The quantitative estimate of drug-likeness (QED) is 0.824. The molecule has 0 saturated carbocycles. The lowest BCUT2D eigenvalue weighted by Gasteiger charge is -2.36. The van der Waals surface area contributed by atoms with Gasteiger partial charge in [-0.3, -0.25) is 4.90 Å². The van der Waals surface area contributed by atoms with Crippen LogP contribution in [0.4, 0.5) is 5.69 Å². The van der Waals surface area contributed by atoms with Gasteiger partial charge in [0.15, 0.2) is 0 Å². The van der Waals surface area contributed by atoms with Gasteiger partial charge >= 0.3 is 0 Å². The van der Waals surface area contributed by atoms with E-state index in [9.17, 15) is 0 Å². The van der Waals surface area contributed by atoms with Crippen LogP contribution in [0.25, 0.3) is 0 Å². The van der Waals surface area contributed by atoms with E-state index in [-0.39, 0.29) is 0 Å². The van der Waals surface area contributed by atoms with E-state index < -0.39 is 0 Å². The molecule has 0 bridgehead atoms. The molecule has 1 aliphatic heterocycles. The number of halogens is 1. The zero-order valence-electron chi connectivity index (χ0n) is 11.0. The van der Waals surface area contributed by atoms with E-state index in [1.54, 1.807) is 0 Å². The van der Waals surface area contributed by atoms with Crippen molar-refractivity contribution in [3.05, 3.63) is 29.3 Å². The number of para-hydroxylation sites is 1. The molecular weight excluding hydrogens is 246 g/mol. The number of piperazine rings is 1. The minimum absolute atomic E-state index is 0.862. The molecule has 2 rings (SSSR count). The predicted octanol–water partition coefficient (Wildman–Crippen LogP) is 2.07. The Labute approximate surface area is 115 Å². The van der Waals surface area contributed by atoms with Crippen LogP contribution in [0.5, 0.6) is 0 Å². The van der Waals surface area contributed by atoms with Gasteiger partial charge in [0.2, 0.25) is 0 Å². The Morgan fingerprint density at radius 3 is 2.56 bits per heavy atom. The van der Waals surface area contributed by atoms with Crippen molar-refractivity contribution in [2.45, 2.75) is 6.42 Å². The summed E-state index contributed by atoms with van der Waals surface area (Å²) in [7, 11) is 2.01. The molecule has 0 unspecified atom stereocenters. The molecule has 0 aromatic heterocycles. The molecule has 18 heavy (non-hydrogen) atoms. The Bertz CT molecular complexity index is 362. The fraction of sp³-hybridized carbons (Fsp3) is 0.571. The first-order valence-electron chi connectivity index (χ1n) is 6.67. The molecule has 0 atom stereocenters. The van der Waals surface area contributed by atoms with Crippen LogP contribution >= 0.6 is 11.6 Å². The molecule has 1 heterocycles. The first-order chi connectivity index (χ1) is 8.81. The molecular formula is C14H22ClN3. The highest BCUT2D eigenvalue weighted by atomic mass is 35.5. The van der Waals surface area contributed by atoms with Gasteiger partial charge in [-0.2, -0.15) is 0 Å². The minimum Gasteiger partial charge on any atom is -0.368 e. The van der Waals surface area contributed by atoms with Crippen LogP contribution in [0, 0.1) is 0 Å². The Morgan fingerprint density at radius 2 is 1.89 bits per heavy atom. The molecule has 0 spiro atoms. The summed E-state index contributed by atoms with van der Waals surface area (Å²) in [4.78, 5) is 4.92. The zero-order chi connectivity index (χ0) is 12.8. The maximum absolute atomic E-state index is 6.23. The van der Waals surface area contributed by atoms with Crippen LogP contribution in [0.2, 0.25) is 5.02 Å². The van der Waals surface area contributed by atoms with Crippen molar-refractivity contribution < 1.29 is 0 Å². The normalized spacial score (nSPS) is 17.1. The van der Waals surface area contributed by atoms with E-state index in [2.05, 4.69) is 27.2 Å². The first-order valence-corrected chi connectivity index (χ1v) is 7.05. The molecule has 0 aliphatic carbocycles. The van der Waals surface area contributed by atoms with E-state index in [0.717, 1.165) is 37.7 Å². The summed E-state index contributed by atoms with van der Waals surface area (Å²) >= 11 is 6.23. The standard InChI is InChI=1S/C14H22ClN3/c1-16-7-4-8-17-9-11-18(12-10-17)14-6-3-2-5-13(14)15/h2-3,5-6,16H,4,7-12H2,1H3. The summed E-state index contributed by atoms with van der Waals surface area (Å²) in [5.74, 6) is 0. The maximum atomic E-state index is 6.23. The topological polar surface area (TPSA) is 18.5 Å². The maximum Gasteiger partial charge on any atom is 0.0639 e. The van der Waals surface area contributed by atoms with Crippen LogP contribution in [-0.4, -0.2) is 51.2 Å². The average molecular weight is 268 g/mol. The van der Waals surface area contributed by atoms with Crippen molar-refractivity contribution in [2.75, 3.05) is 51.2 Å². The van der Waals surface area contributed by atoms with Gasteiger partial charge in [0.05, 0.1) is 10.7 Å². The van der Waals surface area contributed by atoms with Crippen molar-refractivity contribution >= 4 is 17.3 Å². The second kappa shape index (κ2) is 6.98. The molecule has 0 radical (unpaired) electrons. The lowest BCUT2D eigenvalue weighted by atomic mass is 10.2. The number of rotatable bonds is 5. The number of nitrogens with zero attached hydrogens (tertiary/aromatic N) is 2. The number of nitrogens with one attached hydrogen (secondary N) is 1. The van der Waals surface area contributed by atoms with E-state index in [1.165, 1.54) is 18.7 Å². The monoisotopic (exact) mass is 267 g/mol. The number of hydrogen-bond acceptors (Lipinski definition) is 3. The average Bonchev–Trinajstić information content (AvgIpc) is 2.41. The minimum atomic E-state index is 0.862. The van der Waals surface area contributed by atoms with E-state index in [4.69, 9.17) is 11.6 Å². The molecule has 3 nitrogen and oxygen atoms in total. The summed E-state index contributed by atoms with van der Waals surface area (Å²) in [5.41, 5.74) is 1.18. The highest BCUT2D eigenvalue weighted by Crippen LogP contribution is 2.25. The van der Waals surface area contributed by atoms with Crippen molar-refractivity contribution in [3.63, 3.8) is 0 Å². The van der Waals surface area contributed by atoms with Crippen LogP contribution in [0.1, 0.15) is 6.42 Å². The number of hydrogen-bond donors (Lipinski definition) is 1. The van der Waals surface area contributed by atoms with Gasteiger partial charge in [0, 0.05) is 26.2 Å². The van der Waals surface area contributed by atoms with Crippen molar-refractivity contribution in [1.82, 2.24) is 10.2 Å². The summed E-state index contributed by atoms with van der Waals surface area (Å²) < 4.78 is 0.